The lowest BCUT2D eigenvalue weighted by molar-refractivity contribution is 0.513. The maximum Gasteiger partial charge on any atom is 0.0138 e. The second-order valence-corrected chi connectivity index (χ2v) is 5.71. The van der Waals surface area contributed by atoms with Crippen LogP contribution in [-0.2, 0) is 12.8 Å². The largest absolute Gasteiger partial charge is 0.325 e. The van der Waals surface area contributed by atoms with Gasteiger partial charge in [0.25, 0.3) is 0 Å². The van der Waals surface area contributed by atoms with Crippen molar-refractivity contribution in [2.24, 2.45) is 5.73 Å². The van der Waals surface area contributed by atoms with Crippen LogP contribution in [0.1, 0.15) is 57.2 Å². The molecule has 1 aromatic rings. The van der Waals surface area contributed by atoms with Gasteiger partial charge in [0.1, 0.15) is 0 Å². The predicted molar refractivity (Wildman–Crippen MR) is 71.9 cm³/mol. The molecule has 0 saturated carbocycles. The lowest BCUT2D eigenvalue weighted by atomic mass is 9.87. The van der Waals surface area contributed by atoms with Crippen molar-refractivity contribution >= 4 is 0 Å². The molecule has 0 aliphatic heterocycles. The first-order valence-electron chi connectivity index (χ1n) is 6.24. The Labute approximate surface area is 100 Å². The standard InChI is InChI=1S/C15H25N/c1-6-12-7-8-14(11(2)3)13(9-12)10-15(4,5)16/h7-9,11H,6,10,16H2,1-5H3. The second-order valence-electron chi connectivity index (χ2n) is 5.71. The van der Waals surface area contributed by atoms with Crippen LogP contribution in [0.4, 0.5) is 0 Å². The number of nitrogens with two attached hydrogens (primary N) is 1. The van der Waals surface area contributed by atoms with Crippen LogP contribution < -0.4 is 5.73 Å². The molecule has 2 N–H and O–H groups in total. The highest BCUT2D eigenvalue weighted by molar-refractivity contribution is 5.35. The van der Waals surface area contributed by atoms with E-state index in [1.165, 1.54) is 16.7 Å². The van der Waals surface area contributed by atoms with Gasteiger partial charge in [-0.15, -0.1) is 0 Å². The smallest absolute Gasteiger partial charge is 0.0138 e. The van der Waals surface area contributed by atoms with E-state index >= 15 is 0 Å². The van der Waals surface area contributed by atoms with Gasteiger partial charge in [0.15, 0.2) is 0 Å². The number of hydrogen-bond acceptors (Lipinski definition) is 1. The topological polar surface area (TPSA) is 26.0 Å². The number of rotatable bonds is 4. The van der Waals surface area contributed by atoms with Crippen molar-refractivity contribution in [3.63, 3.8) is 0 Å². The van der Waals surface area contributed by atoms with Crippen molar-refractivity contribution in [1.82, 2.24) is 0 Å². The van der Waals surface area contributed by atoms with Crippen molar-refractivity contribution in [2.75, 3.05) is 0 Å². The molecule has 0 atom stereocenters. The molecule has 1 aromatic carbocycles. The Kier molecular flexibility index (Phi) is 4.15. The average Bonchev–Trinajstić information content (AvgIpc) is 2.14. The van der Waals surface area contributed by atoms with Gasteiger partial charge >= 0.3 is 0 Å². The molecule has 1 rings (SSSR count). The first-order chi connectivity index (χ1) is 7.33. The van der Waals surface area contributed by atoms with Crippen molar-refractivity contribution in [3.8, 4) is 0 Å². The molecule has 0 aliphatic rings. The lowest BCUT2D eigenvalue weighted by Crippen LogP contribution is -2.34. The van der Waals surface area contributed by atoms with Gasteiger partial charge in [0.05, 0.1) is 0 Å². The number of hydrogen-bond donors (Lipinski definition) is 1. The SMILES string of the molecule is CCc1ccc(C(C)C)c(CC(C)(C)N)c1. The third kappa shape index (κ3) is 3.64. The highest BCUT2D eigenvalue weighted by atomic mass is 14.7. The Morgan fingerprint density at radius 3 is 2.31 bits per heavy atom. The summed E-state index contributed by atoms with van der Waals surface area (Å²) in [7, 11) is 0. The van der Waals surface area contributed by atoms with Crippen molar-refractivity contribution in [1.29, 1.82) is 0 Å². The second kappa shape index (κ2) is 5.01. The molecule has 90 valence electrons. The van der Waals surface area contributed by atoms with Crippen molar-refractivity contribution < 1.29 is 0 Å². The summed E-state index contributed by atoms with van der Waals surface area (Å²) >= 11 is 0. The molecule has 0 bridgehead atoms. The third-order valence-electron chi connectivity index (χ3n) is 2.88. The highest BCUT2D eigenvalue weighted by Crippen LogP contribution is 2.24. The Morgan fingerprint density at radius 1 is 1.25 bits per heavy atom. The van der Waals surface area contributed by atoms with Crippen LogP contribution in [0.2, 0.25) is 0 Å². The van der Waals surface area contributed by atoms with Crippen LogP contribution >= 0.6 is 0 Å². The number of benzene rings is 1. The minimum Gasteiger partial charge on any atom is -0.325 e. The Balaban J connectivity index is 3.10. The zero-order chi connectivity index (χ0) is 12.3. The zero-order valence-electron chi connectivity index (χ0n) is 11.3. The monoisotopic (exact) mass is 219 g/mol. The Morgan fingerprint density at radius 2 is 1.88 bits per heavy atom. The van der Waals surface area contributed by atoms with Crippen LogP contribution in [0.15, 0.2) is 18.2 Å². The molecular weight excluding hydrogens is 194 g/mol. The zero-order valence-corrected chi connectivity index (χ0v) is 11.3. The third-order valence-corrected chi connectivity index (χ3v) is 2.88. The summed E-state index contributed by atoms with van der Waals surface area (Å²) in [5.41, 5.74) is 10.3. The van der Waals surface area contributed by atoms with E-state index in [1.807, 2.05) is 0 Å². The fraction of sp³-hybridized carbons (Fsp3) is 0.600. The molecular formula is C15H25N. The summed E-state index contributed by atoms with van der Waals surface area (Å²) in [4.78, 5) is 0. The van der Waals surface area contributed by atoms with Crippen LogP contribution in [0.3, 0.4) is 0 Å². The van der Waals surface area contributed by atoms with Gasteiger partial charge in [-0.2, -0.15) is 0 Å². The first kappa shape index (κ1) is 13.2. The van der Waals surface area contributed by atoms with E-state index in [2.05, 4.69) is 52.8 Å². The van der Waals surface area contributed by atoms with Crippen LogP contribution in [0, 0.1) is 0 Å². The average molecular weight is 219 g/mol. The predicted octanol–water partition coefficient (Wildman–Crippen LogP) is 3.65. The van der Waals surface area contributed by atoms with Gasteiger partial charge in [0, 0.05) is 5.54 Å². The van der Waals surface area contributed by atoms with E-state index in [0.717, 1.165) is 12.8 Å². The molecule has 0 saturated heterocycles. The minimum atomic E-state index is -0.129. The molecule has 16 heavy (non-hydrogen) atoms. The minimum absolute atomic E-state index is 0.129. The van der Waals surface area contributed by atoms with Crippen molar-refractivity contribution in [2.45, 2.75) is 58.9 Å². The van der Waals surface area contributed by atoms with Gasteiger partial charge in [-0.05, 0) is 49.3 Å². The maximum atomic E-state index is 6.13. The van der Waals surface area contributed by atoms with Gasteiger partial charge in [-0.3, -0.25) is 0 Å². The van der Waals surface area contributed by atoms with E-state index in [0.29, 0.717) is 5.92 Å². The van der Waals surface area contributed by atoms with Gasteiger partial charge < -0.3 is 5.73 Å². The summed E-state index contributed by atoms with van der Waals surface area (Å²) < 4.78 is 0. The number of aryl methyl sites for hydroxylation is 1. The van der Waals surface area contributed by atoms with Crippen molar-refractivity contribution in [3.05, 3.63) is 34.9 Å². The van der Waals surface area contributed by atoms with Gasteiger partial charge in [-0.1, -0.05) is 39.0 Å². The van der Waals surface area contributed by atoms with E-state index < -0.39 is 0 Å². The van der Waals surface area contributed by atoms with Crippen LogP contribution in [-0.4, -0.2) is 5.54 Å². The summed E-state index contributed by atoms with van der Waals surface area (Å²) in [6.45, 7) is 10.9. The molecule has 0 aliphatic carbocycles. The normalized spacial score (nSPS) is 12.2. The summed E-state index contributed by atoms with van der Waals surface area (Å²) in [5, 5.41) is 0. The quantitative estimate of drug-likeness (QED) is 0.822. The first-order valence-corrected chi connectivity index (χ1v) is 6.24. The van der Waals surface area contributed by atoms with E-state index in [9.17, 15) is 0 Å². The van der Waals surface area contributed by atoms with E-state index in [4.69, 9.17) is 5.73 Å². The summed E-state index contributed by atoms with van der Waals surface area (Å²) in [5.74, 6) is 0.572. The van der Waals surface area contributed by atoms with Crippen LogP contribution in [0.5, 0.6) is 0 Å². The molecule has 1 heteroatoms. The van der Waals surface area contributed by atoms with Crippen LogP contribution in [0.25, 0.3) is 0 Å². The fourth-order valence-electron chi connectivity index (χ4n) is 2.09. The Hall–Kier alpha value is -0.820. The fourth-order valence-corrected chi connectivity index (χ4v) is 2.09. The molecule has 0 radical (unpaired) electrons. The van der Waals surface area contributed by atoms with E-state index in [1.54, 1.807) is 0 Å². The van der Waals surface area contributed by atoms with E-state index in [-0.39, 0.29) is 5.54 Å². The van der Waals surface area contributed by atoms with Gasteiger partial charge in [0.2, 0.25) is 0 Å². The summed E-state index contributed by atoms with van der Waals surface area (Å²) in [6, 6.07) is 6.83. The maximum absolute atomic E-state index is 6.13. The molecule has 1 nitrogen and oxygen atoms in total. The summed E-state index contributed by atoms with van der Waals surface area (Å²) in [6.07, 6.45) is 2.05. The molecule has 0 unspecified atom stereocenters. The Bertz CT molecular complexity index is 345. The van der Waals surface area contributed by atoms with Gasteiger partial charge in [-0.25, -0.2) is 0 Å². The molecule has 0 heterocycles. The lowest BCUT2D eigenvalue weighted by Gasteiger charge is -2.22. The molecule has 0 aromatic heterocycles. The molecule has 0 amide bonds. The highest BCUT2D eigenvalue weighted by Gasteiger charge is 2.16. The molecule has 0 spiro atoms. The molecule has 0 fully saturated rings.